The predicted molar refractivity (Wildman–Crippen MR) is 71.7 cm³/mol. The molecule has 0 atom stereocenters. The lowest BCUT2D eigenvalue weighted by molar-refractivity contribution is 0.746. The van der Waals surface area contributed by atoms with Gasteiger partial charge < -0.3 is 5.32 Å². The molecule has 1 fully saturated rings. The van der Waals surface area contributed by atoms with Gasteiger partial charge in [0.2, 0.25) is 0 Å². The maximum Gasteiger partial charge on any atom is 0.137 e. The molecule has 17 heavy (non-hydrogen) atoms. The van der Waals surface area contributed by atoms with Crippen molar-refractivity contribution in [1.29, 1.82) is 0 Å². The molecule has 0 saturated heterocycles. The van der Waals surface area contributed by atoms with Gasteiger partial charge in [-0.1, -0.05) is 38.3 Å². The van der Waals surface area contributed by atoms with Crippen LogP contribution in [-0.2, 0) is 0 Å². The van der Waals surface area contributed by atoms with Crippen molar-refractivity contribution in [3.8, 4) is 0 Å². The molecule has 1 aliphatic carbocycles. The van der Waals surface area contributed by atoms with E-state index in [1.165, 1.54) is 19.3 Å². The van der Waals surface area contributed by atoms with E-state index >= 15 is 0 Å². The third kappa shape index (κ3) is 3.32. The lowest BCUT2D eigenvalue weighted by atomic mass is 10.2. The second-order valence-electron chi connectivity index (χ2n) is 5.16. The summed E-state index contributed by atoms with van der Waals surface area (Å²) in [6, 6.07) is 0. The topological polar surface area (TPSA) is 37.8 Å². The molecule has 0 bridgehead atoms. The van der Waals surface area contributed by atoms with E-state index in [0.29, 0.717) is 11.1 Å². The zero-order chi connectivity index (χ0) is 12.4. The number of rotatable bonds is 5. The minimum absolute atomic E-state index is 0.303. The van der Waals surface area contributed by atoms with Crippen LogP contribution >= 0.6 is 11.6 Å². The Balaban J connectivity index is 2.06. The van der Waals surface area contributed by atoms with Crippen LogP contribution in [-0.4, -0.2) is 16.5 Å². The molecule has 0 radical (unpaired) electrons. The molecule has 0 aromatic carbocycles. The molecule has 1 N–H and O–H groups in total. The van der Waals surface area contributed by atoms with Crippen molar-refractivity contribution in [2.24, 2.45) is 5.92 Å². The summed E-state index contributed by atoms with van der Waals surface area (Å²) in [6.45, 7) is 7.10. The minimum Gasteiger partial charge on any atom is -0.370 e. The molecule has 4 heteroatoms. The highest BCUT2D eigenvalue weighted by molar-refractivity contribution is 6.30. The fraction of sp³-hybridized carbons (Fsp3) is 0.692. The maximum absolute atomic E-state index is 6.13. The summed E-state index contributed by atoms with van der Waals surface area (Å²) in [7, 11) is 0. The second-order valence-corrected chi connectivity index (χ2v) is 5.52. The quantitative estimate of drug-likeness (QED) is 0.812. The molecule has 1 aromatic rings. The highest BCUT2D eigenvalue weighted by Crippen LogP contribution is 2.32. The lowest BCUT2D eigenvalue weighted by Crippen LogP contribution is -2.09. The van der Waals surface area contributed by atoms with E-state index in [1.807, 2.05) is 6.92 Å². The van der Waals surface area contributed by atoms with Crippen LogP contribution in [0.3, 0.4) is 0 Å². The zero-order valence-electron chi connectivity index (χ0n) is 10.8. The van der Waals surface area contributed by atoms with Crippen molar-refractivity contribution in [2.75, 3.05) is 11.9 Å². The van der Waals surface area contributed by atoms with Gasteiger partial charge in [-0.15, -0.1) is 0 Å². The Morgan fingerprint density at radius 1 is 1.35 bits per heavy atom. The van der Waals surface area contributed by atoms with E-state index in [4.69, 9.17) is 11.6 Å². The van der Waals surface area contributed by atoms with Crippen LogP contribution in [0.25, 0.3) is 0 Å². The van der Waals surface area contributed by atoms with Gasteiger partial charge in [0.05, 0.1) is 0 Å². The van der Waals surface area contributed by atoms with Gasteiger partial charge in [0.1, 0.15) is 16.8 Å². The number of halogens is 1. The molecule has 3 nitrogen and oxygen atoms in total. The number of anilines is 1. The Hall–Kier alpha value is -0.830. The molecule has 94 valence electrons. The average molecular weight is 254 g/mol. The molecule has 0 unspecified atom stereocenters. The van der Waals surface area contributed by atoms with Crippen molar-refractivity contribution in [1.82, 2.24) is 9.97 Å². The van der Waals surface area contributed by atoms with Crippen LogP contribution in [0.2, 0.25) is 5.15 Å². The first-order chi connectivity index (χ1) is 8.08. The van der Waals surface area contributed by atoms with Gasteiger partial charge in [0.25, 0.3) is 0 Å². The van der Waals surface area contributed by atoms with Crippen LogP contribution < -0.4 is 5.32 Å². The predicted octanol–water partition coefficient (Wildman–Crippen LogP) is 3.77. The molecule has 2 rings (SSSR count). The largest absolute Gasteiger partial charge is 0.370 e. The van der Waals surface area contributed by atoms with Crippen LogP contribution in [0.4, 0.5) is 5.82 Å². The number of aromatic nitrogens is 2. The fourth-order valence-corrected chi connectivity index (χ4v) is 1.91. The van der Waals surface area contributed by atoms with E-state index in [9.17, 15) is 0 Å². The van der Waals surface area contributed by atoms with Crippen molar-refractivity contribution in [2.45, 2.75) is 46.0 Å². The van der Waals surface area contributed by atoms with Crippen molar-refractivity contribution >= 4 is 17.4 Å². The summed E-state index contributed by atoms with van der Waals surface area (Å²) in [6.07, 6.45) is 4.02. The summed E-state index contributed by atoms with van der Waals surface area (Å²) in [4.78, 5) is 8.85. The number of nitrogens with zero attached hydrogens (tertiary/aromatic N) is 2. The number of hydrogen-bond donors (Lipinski definition) is 1. The molecule has 0 aliphatic heterocycles. The maximum atomic E-state index is 6.13. The molecule has 1 aromatic heterocycles. The van der Waals surface area contributed by atoms with Crippen LogP contribution in [0.15, 0.2) is 0 Å². The van der Waals surface area contributed by atoms with E-state index in [0.717, 1.165) is 29.7 Å². The Morgan fingerprint density at radius 2 is 2.06 bits per heavy atom. The zero-order valence-corrected chi connectivity index (χ0v) is 11.5. The summed E-state index contributed by atoms with van der Waals surface area (Å²) in [5, 5.41) is 3.95. The summed E-state index contributed by atoms with van der Waals surface area (Å²) >= 11 is 6.13. The first-order valence-corrected chi connectivity index (χ1v) is 6.73. The molecule has 0 amide bonds. The number of hydrogen-bond acceptors (Lipinski definition) is 3. The van der Waals surface area contributed by atoms with Crippen molar-refractivity contribution in [3.63, 3.8) is 0 Å². The molecular formula is C13H20ClN3. The summed E-state index contributed by atoms with van der Waals surface area (Å²) in [5.74, 6) is 2.95. The van der Waals surface area contributed by atoms with Gasteiger partial charge in [0.15, 0.2) is 0 Å². The molecule has 1 saturated carbocycles. The highest BCUT2D eigenvalue weighted by Gasteiger charge is 2.20. The highest BCUT2D eigenvalue weighted by atomic mass is 35.5. The van der Waals surface area contributed by atoms with Crippen LogP contribution in [0.1, 0.15) is 50.4 Å². The SMILES string of the molecule is Cc1c(Cl)nc(C(C)C)nc1NCCC1CC1. The van der Waals surface area contributed by atoms with Gasteiger partial charge in [0, 0.05) is 18.0 Å². The monoisotopic (exact) mass is 253 g/mol. The van der Waals surface area contributed by atoms with E-state index in [1.54, 1.807) is 0 Å². The second kappa shape index (κ2) is 5.21. The minimum atomic E-state index is 0.303. The van der Waals surface area contributed by atoms with Gasteiger partial charge in [-0.25, -0.2) is 9.97 Å². The molecule has 1 heterocycles. The first kappa shape index (κ1) is 12.6. The summed E-state index contributed by atoms with van der Waals surface area (Å²) in [5.41, 5.74) is 0.951. The normalized spacial score (nSPS) is 15.4. The van der Waals surface area contributed by atoms with Gasteiger partial charge in [-0.3, -0.25) is 0 Å². The Morgan fingerprint density at radius 3 is 2.65 bits per heavy atom. The Labute approximate surface area is 108 Å². The smallest absolute Gasteiger partial charge is 0.137 e. The standard InChI is InChI=1S/C13H20ClN3/c1-8(2)12-16-11(14)9(3)13(17-12)15-7-6-10-4-5-10/h8,10H,4-7H2,1-3H3,(H,15,16,17). The fourth-order valence-electron chi connectivity index (χ4n) is 1.74. The third-order valence-electron chi connectivity index (χ3n) is 3.16. The van der Waals surface area contributed by atoms with Crippen molar-refractivity contribution < 1.29 is 0 Å². The third-order valence-corrected chi connectivity index (χ3v) is 3.53. The molecular weight excluding hydrogens is 234 g/mol. The first-order valence-electron chi connectivity index (χ1n) is 6.36. The van der Waals surface area contributed by atoms with Gasteiger partial charge >= 0.3 is 0 Å². The Kier molecular flexibility index (Phi) is 3.87. The lowest BCUT2D eigenvalue weighted by Gasteiger charge is -2.12. The van der Waals surface area contributed by atoms with Crippen LogP contribution in [0.5, 0.6) is 0 Å². The molecule has 1 aliphatic rings. The summed E-state index contributed by atoms with van der Waals surface area (Å²) < 4.78 is 0. The van der Waals surface area contributed by atoms with Crippen LogP contribution in [0, 0.1) is 12.8 Å². The van der Waals surface area contributed by atoms with E-state index in [2.05, 4.69) is 29.1 Å². The van der Waals surface area contributed by atoms with E-state index < -0.39 is 0 Å². The van der Waals surface area contributed by atoms with E-state index in [-0.39, 0.29) is 0 Å². The van der Waals surface area contributed by atoms with Crippen molar-refractivity contribution in [3.05, 3.63) is 16.5 Å². The van der Waals surface area contributed by atoms with Gasteiger partial charge in [-0.2, -0.15) is 0 Å². The number of nitrogens with one attached hydrogen (secondary N) is 1. The Bertz CT molecular complexity index is 400. The van der Waals surface area contributed by atoms with Gasteiger partial charge in [-0.05, 0) is 19.3 Å². The average Bonchev–Trinajstić information content (AvgIpc) is 3.07. The molecule has 0 spiro atoms.